The van der Waals surface area contributed by atoms with Crippen LogP contribution in [0.2, 0.25) is 0 Å². The maximum atomic E-state index is 4.64. The number of aromatic nitrogens is 1. The monoisotopic (exact) mass is 290 g/mol. The van der Waals surface area contributed by atoms with Crippen molar-refractivity contribution < 1.29 is 0 Å². The molecule has 1 aromatic rings. The maximum Gasteiger partial charge on any atom is 0.128 e. The summed E-state index contributed by atoms with van der Waals surface area (Å²) in [6.45, 7) is 16.4. The van der Waals surface area contributed by atoms with E-state index in [-0.39, 0.29) is 5.54 Å². The zero-order chi connectivity index (χ0) is 15.5. The minimum atomic E-state index is 0.145. The molecule has 0 atom stereocenters. The highest BCUT2D eigenvalue weighted by Gasteiger charge is 2.19. The molecular formula is C17H30N4. The molecule has 0 aromatic carbocycles. The average molecular weight is 290 g/mol. The molecule has 0 radical (unpaired) electrons. The zero-order valence-electron chi connectivity index (χ0n) is 14.2. The molecule has 0 bridgehead atoms. The second-order valence-corrected chi connectivity index (χ2v) is 7.24. The summed E-state index contributed by atoms with van der Waals surface area (Å²) >= 11 is 0. The molecule has 1 aromatic heterocycles. The van der Waals surface area contributed by atoms with Crippen LogP contribution < -0.4 is 10.2 Å². The summed E-state index contributed by atoms with van der Waals surface area (Å²) in [5.74, 6) is 1.11. The maximum absolute atomic E-state index is 4.64. The smallest absolute Gasteiger partial charge is 0.128 e. The van der Waals surface area contributed by atoms with Gasteiger partial charge in [0.2, 0.25) is 0 Å². The predicted octanol–water partition coefficient (Wildman–Crippen LogP) is 2.50. The van der Waals surface area contributed by atoms with Crippen LogP contribution in [0.15, 0.2) is 18.3 Å². The molecule has 1 N–H and O–H groups in total. The number of piperazine rings is 1. The van der Waals surface area contributed by atoms with Crippen molar-refractivity contribution in [2.45, 2.75) is 52.7 Å². The molecule has 118 valence electrons. The van der Waals surface area contributed by atoms with Crippen LogP contribution in [0.1, 0.15) is 40.2 Å². The van der Waals surface area contributed by atoms with E-state index in [4.69, 9.17) is 0 Å². The van der Waals surface area contributed by atoms with E-state index in [0.29, 0.717) is 6.04 Å². The first kappa shape index (κ1) is 16.2. The first-order valence-corrected chi connectivity index (χ1v) is 8.04. The van der Waals surface area contributed by atoms with E-state index in [1.165, 1.54) is 5.56 Å². The SMILES string of the molecule is CC(C)N1CCN(c2ccc(CNC(C)(C)C)cn2)CC1. The average Bonchev–Trinajstić information content (AvgIpc) is 2.45. The minimum absolute atomic E-state index is 0.145. The van der Waals surface area contributed by atoms with E-state index < -0.39 is 0 Å². The molecule has 4 nitrogen and oxygen atoms in total. The second kappa shape index (κ2) is 6.75. The van der Waals surface area contributed by atoms with Gasteiger partial charge in [0.25, 0.3) is 0 Å². The normalized spacial score (nSPS) is 17.5. The van der Waals surface area contributed by atoms with Crippen LogP contribution in [0.25, 0.3) is 0 Å². The van der Waals surface area contributed by atoms with Crippen molar-refractivity contribution in [2.24, 2.45) is 0 Å². The van der Waals surface area contributed by atoms with Crippen LogP contribution >= 0.6 is 0 Å². The summed E-state index contributed by atoms with van der Waals surface area (Å²) in [5, 5.41) is 3.50. The predicted molar refractivity (Wildman–Crippen MR) is 89.8 cm³/mol. The van der Waals surface area contributed by atoms with E-state index >= 15 is 0 Å². The Bertz CT molecular complexity index is 425. The van der Waals surface area contributed by atoms with E-state index in [0.717, 1.165) is 38.5 Å². The van der Waals surface area contributed by atoms with Crippen LogP contribution in [0.4, 0.5) is 5.82 Å². The third kappa shape index (κ3) is 4.97. The molecule has 1 fully saturated rings. The molecule has 1 aliphatic rings. The Morgan fingerprint density at radius 1 is 1.14 bits per heavy atom. The van der Waals surface area contributed by atoms with Gasteiger partial charge in [-0.15, -0.1) is 0 Å². The fourth-order valence-corrected chi connectivity index (χ4v) is 2.54. The summed E-state index contributed by atoms with van der Waals surface area (Å²) in [6, 6.07) is 4.99. The lowest BCUT2D eigenvalue weighted by Gasteiger charge is -2.37. The fraction of sp³-hybridized carbons (Fsp3) is 0.706. The summed E-state index contributed by atoms with van der Waals surface area (Å²) in [7, 11) is 0. The van der Waals surface area contributed by atoms with Crippen molar-refractivity contribution in [3.63, 3.8) is 0 Å². The van der Waals surface area contributed by atoms with E-state index in [2.05, 4.69) is 66.9 Å². The van der Waals surface area contributed by atoms with Crippen molar-refractivity contribution >= 4 is 5.82 Å². The first-order chi connectivity index (χ1) is 9.85. The molecule has 21 heavy (non-hydrogen) atoms. The van der Waals surface area contributed by atoms with E-state index in [1.807, 2.05) is 6.20 Å². The lowest BCUT2D eigenvalue weighted by Crippen LogP contribution is -2.49. The van der Waals surface area contributed by atoms with Gasteiger partial charge in [0.15, 0.2) is 0 Å². The van der Waals surface area contributed by atoms with Crippen molar-refractivity contribution in [2.75, 3.05) is 31.1 Å². The van der Waals surface area contributed by atoms with Crippen LogP contribution in [0, 0.1) is 0 Å². The largest absolute Gasteiger partial charge is 0.354 e. The third-order valence-electron chi connectivity index (χ3n) is 4.00. The molecule has 0 aliphatic carbocycles. The summed E-state index contributed by atoms with van der Waals surface area (Å²) in [4.78, 5) is 9.55. The standard InChI is InChI=1S/C17H30N4/c1-14(2)20-8-10-21(11-9-20)16-7-6-15(12-18-16)13-19-17(3,4)5/h6-7,12,14,19H,8-11,13H2,1-5H3. The Balaban J connectivity index is 1.88. The molecule has 0 unspecified atom stereocenters. The van der Waals surface area contributed by atoms with Gasteiger partial charge in [0, 0.05) is 50.5 Å². The van der Waals surface area contributed by atoms with Crippen LogP contribution in [0.5, 0.6) is 0 Å². The van der Waals surface area contributed by atoms with Gasteiger partial charge in [-0.1, -0.05) is 6.07 Å². The van der Waals surface area contributed by atoms with Gasteiger partial charge in [-0.05, 0) is 46.2 Å². The molecule has 0 spiro atoms. The molecule has 2 heterocycles. The van der Waals surface area contributed by atoms with Crippen molar-refractivity contribution in [3.8, 4) is 0 Å². The Morgan fingerprint density at radius 3 is 2.29 bits per heavy atom. The van der Waals surface area contributed by atoms with E-state index in [1.54, 1.807) is 0 Å². The van der Waals surface area contributed by atoms with Crippen molar-refractivity contribution in [1.82, 2.24) is 15.2 Å². The molecule has 4 heteroatoms. The molecule has 1 aliphatic heterocycles. The summed E-state index contributed by atoms with van der Waals surface area (Å²) in [6.07, 6.45) is 2.00. The number of nitrogens with zero attached hydrogens (tertiary/aromatic N) is 3. The number of pyridine rings is 1. The van der Waals surface area contributed by atoms with Gasteiger partial charge < -0.3 is 10.2 Å². The van der Waals surface area contributed by atoms with E-state index in [9.17, 15) is 0 Å². The lowest BCUT2D eigenvalue weighted by atomic mass is 10.1. The number of hydrogen-bond donors (Lipinski definition) is 1. The molecule has 2 rings (SSSR count). The Kier molecular flexibility index (Phi) is 5.22. The third-order valence-corrected chi connectivity index (χ3v) is 4.00. The summed E-state index contributed by atoms with van der Waals surface area (Å²) < 4.78 is 0. The number of hydrogen-bond acceptors (Lipinski definition) is 4. The Hall–Kier alpha value is -1.13. The number of nitrogens with one attached hydrogen (secondary N) is 1. The van der Waals surface area contributed by atoms with Gasteiger partial charge in [0.05, 0.1) is 0 Å². The van der Waals surface area contributed by atoms with Crippen molar-refractivity contribution in [3.05, 3.63) is 23.9 Å². The van der Waals surface area contributed by atoms with Gasteiger partial charge in [-0.2, -0.15) is 0 Å². The Morgan fingerprint density at radius 2 is 1.81 bits per heavy atom. The van der Waals surface area contributed by atoms with Gasteiger partial charge in [-0.3, -0.25) is 4.90 Å². The molecule has 1 saturated heterocycles. The highest BCUT2D eigenvalue weighted by molar-refractivity contribution is 5.40. The second-order valence-electron chi connectivity index (χ2n) is 7.24. The minimum Gasteiger partial charge on any atom is -0.354 e. The lowest BCUT2D eigenvalue weighted by molar-refractivity contribution is 0.209. The van der Waals surface area contributed by atoms with Gasteiger partial charge >= 0.3 is 0 Å². The van der Waals surface area contributed by atoms with Gasteiger partial charge in [0.1, 0.15) is 5.82 Å². The number of anilines is 1. The topological polar surface area (TPSA) is 31.4 Å². The van der Waals surface area contributed by atoms with Crippen LogP contribution in [0.3, 0.4) is 0 Å². The summed E-state index contributed by atoms with van der Waals surface area (Å²) in [5.41, 5.74) is 1.39. The Labute approximate surface area is 129 Å². The highest BCUT2D eigenvalue weighted by Crippen LogP contribution is 2.15. The van der Waals surface area contributed by atoms with Crippen molar-refractivity contribution in [1.29, 1.82) is 0 Å². The number of rotatable bonds is 4. The van der Waals surface area contributed by atoms with Crippen LogP contribution in [-0.2, 0) is 6.54 Å². The van der Waals surface area contributed by atoms with Crippen LogP contribution in [-0.4, -0.2) is 47.6 Å². The highest BCUT2D eigenvalue weighted by atomic mass is 15.3. The molecule has 0 saturated carbocycles. The molecule has 0 amide bonds. The quantitative estimate of drug-likeness (QED) is 0.923. The zero-order valence-corrected chi connectivity index (χ0v) is 14.2. The van der Waals surface area contributed by atoms with Gasteiger partial charge in [-0.25, -0.2) is 4.98 Å². The molecular weight excluding hydrogens is 260 g/mol. The fourth-order valence-electron chi connectivity index (χ4n) is 2.54. The first-order valence-electron chi connectivity index (χ1n) is 8.04.